The molecule has 16 heavy (non-hydrogen) atoms. The number of unbranched alkanes of at least 4 members (excludes halogenated alkanes) is 2. The zero-order chi connectivity index (χ0) is 12.0. The minimum absolute atomic E-state index is 0.00253. The number of rotatable bonds is 7. The van der Waals surface area contributed by atoms with Crippen LogP contribution in [0.15, 0.2) is 0 Å². The van der Waals surface area contributed by atoms with Gasteiger partial charge in [0.1, 0.15) is 0 Å². The first-order valence-corrected chi connectivity index (χ1v) is 7.04. The minimum Gasteiger partial charge on any atom is -0.481 e. The number of amides is 1. The molecule has 1 saturated heterocycles. The Morgan fingerprint density at radius 1 is 1.50 bits per heavy atom. The molecule has 1 amide bonds. The van der Waals surface area contributed by atoms with E-state index in [9.17, 15) is 9.59 Å². The molecule has 0 radical (unpaired) electrons. The summed E-state index contributed by atoms with van der Waals surface area (Å²) in [5.41, 5.74) is 0. The third kappa shape index (κ3) is 4.04. The molecule has 0 aromatic heterocycles. The molecule has 4 nitrogen and oxygen atoms in total. The van der Waals surface area contributed by atoms with Gasteiger partial charge in [0.15, 0.2) is 0 Å². The van der Waals surface area contributed by atoms with Gasteiger partial charge in [0.25, 0.3) is 0 Å². The van der Waals surface area contributed by atoms with Gasteiger partial charge < -0.3 is 10.0 Å². The number of carbonyl (C=O) groups excluding carboxylic acids is 1. The standard InChI is InChI=1S/C11H19NO3S/c1-16-6-4-2-3-5-12-8-9(11(14)15)7-10(12)13/h9H,2-8H2,1H3,(H,14,15). The summed E-state index contributed by atoms with van der Waals surface area (Å²) in [6, 6.07) is 0. The highest BCUT2D eigenvalue weighted by Gasteiger charge is 2.33. The molecule has 0 bridgehead atoms. The second-order valence-electron chi connectivity index (χ2n) is 4.13. The lowest BCUT2D eigenvalue weighted by atomic mass is 10.1. The molecular weight excluding hydrogens is 226 g/mol. The summed E-state index contributed by atoms with van der Waals surface area (Å²) < 4.78 is 0. The Kier molecular flexibility index (Phi) is 5.66. The van der Waals surface area contributed by atoms with Crippen LogP contribution in [0.1, 0.15) is 25.7 Å². The highest BCUT2D eigenvalue weighted by atomic mass is 32.2. The van der Waals surface area contributed by atoms with Crippen molar-refractivity contribution in [1.29, 1.82) is 0 Å². The van der Waals surface area contributed by atoms with E-state index >= 15 is 0 Å². The predicted octanol–water partition coefficient (Wildman–Crippen LogP) is 1.45. The maximum atomic E-state index is 11.5. The molecule has 5 heteroatoms. The first-order valence-electron chi connectivity index (χ1n) is 5.64. The number of hydrogen-bond donors (Lipinski definition) is 1. The van der Waals surface area contributed by atoms with Gasteiger partial charge in [-0.15, -0.1) is 0 Å². The number of aliphatic carboxylic acids is 1. The van der Waals surface area contributed by atoms with Crippen LogP contribution in [-0.4, -0.2) is 47.0 Å². The molecule has 0 aliphatic carbocycles. The normalized spacial score (nSPS) is 20.4. The number of carboxylic acids is 1. The molecule has 1 aliphatic heterocycles. The van der Waals surface area contributed by atoms with E-state index in [1.807, 2.05) is 11.8 Å². The van der Waals surface area contributed by atoms with E-state index in [0.717, 1.165) is 25.1 Å². The monoisotopic (exact) mass is 245 g/mol. The second-order valence-corrected chi connectivity index (χ2v) is 5.12. The van der Waals surface area contributed by atoms with E-state index in [1.54, 1.807) is 4.90 Å². The molecule has 1 fully saturated rings. The maximum Gasteiger partial charge on any atom is 0.308 e. The van der Waals surface area contributed by atoms with Gasteiger partial charge in [0, 0.05) is 19.5 Å². The third-order valence-electron chi connectivity index (χ3n) is 2.84. The number of thioether (sulfide) groups is 1. The number of nitrogens with zero attached hydrogens (tertiary/aromatic N) is 1. The van der Waals surface area contributed by atoms with Crippen molar-refractivity contribution in [2.24, 2.45) is 5.92 Å². The van der Waals surface area contributed by atoms with Crippen molar-refractivity contribution >= 4 is 23.6 Å². The van der Waals surface area contributed by atoms with E-state index in [4.69, 9.17) is 5.11 Å². The van der Waals surface area contributed by atoms with E-state index < -0.39 is 11.9 Å². The molecule has 0 saturated carbocycles. The van der Waals surface area contributed by atoms with Gasteiger partial charge >= 0.3 is 5.97 Å². The zero-order valence-corrected chi connectivity index (χ0v) is 10.5. The van der Waals surface area contributed by atoms with Crippen LogP contribution in [0.5, 0.6) is 0 Å². The first-order chi connectivity index (χ1) is 7.65. The van der Waals surface area contributed by atoms with Gasteiger partial charge in [-0.3, -0.25) is 9.59 Å². The molecule has 1 rings (SSSR count). The van der Waals surface area contributed by atoms with Crippen LogP contribution in [-0.2, 0) is 9.59 Å². The number of hydrogen-bond acceptors (Lipinski definition) is 3. The van der Waals surface area contributed by atoms with Crippen LogP contribution in [0.3, 0.4) is 0 Å². The summed E-state index contributed by atoms with van der Waals surface area (Å²) in [6.07, 6.45) is 5.54. The van der Waals surface area contributed by atoms with Crippen LogP contribution in [0.25, 0.3) is 0 Å². The van der Waals surface area contributed by atoms with Crippen molar-refractivity contribution in [3.8, 4) is 0 Å². The minimum atomic E-state index is -0.849. The highest BCUT2D eigenvalue weighted by Crippen LogP contribution is 2.18. The second kappa shape index (κ2) is 6.78. The molecule has 92 valence electrons. The summed E-state index contributed by atoms with van der Waals surface area (Å²) in [4.78, 5) is 23.9. The summed E-state index contributed by atoms with van der Waals surface area (Å²) in [6.45, 7) is 1.12. The molecule has 0 aromatic rings. The Hall–Kier alpha value is -0.710. The SMILES string of the molecule is CSCCCCCN1CC(C(=O)O)CC1=O. The fraction of sp³-hybridized carbons (Fsp3) is 0.818. The van der Waals surface area contributed by atoms with Gasteiger partial charge in [0.2, 0.25) is 5.91 Å². The van der Waals surface area contributed by atoms with E-state index in [1.165, 1.54) is 6.42 Å². The average molecular weight is 245 g/mol. The summed E-state index contributed by atoms with van der Waals surface area (Å²) in [5.74, 6) is -0.180. The molecule has 1 N–H and O–H groups in total. The first kappa shape index (κ1) is 13.4. The topological polar surface area (TPSA) is 57.6 Å². The maximum absolute atomic E-state index is 11.5. The van der Waals surface area contributed by atoms with Gasteiger partial charge in [-0.1, -0.05) is 6.42 Å². The quantitative estimate of drug-likeness (QED) is 0.690. The lowest BCUT2D eigenvalue weighted by molar-refractivity contribution is -0.141. The highest BCUT2D eigenvalue weighted by molar-refractivity contribution is 7.98. The average Bonchev–Trinajstić information content (AvgIpc) is 2.60. The van der Waals surface area contributed by atoms with Gasteiger partial charge in [-0.2, -0.15) is 11.8 Å². The Labute approximate surface area is 100 Å². The molecule has 1 unspecified atom stereocenters. The third-order valence-corrected chi connectivity index (χ3v) is 3.54. The van der Waals surface area contributed by atoms with E-state index in [2.05, 4.69) is 6.26 Å². The smallest absolute Gasteiger partial charge is 0.308 e. The van der Waals surface area contributed by atoms with Crippen LogP contribution in [0, 0.1) is 5.92 Å². The van der Waals surface area contributed by atoms with Crippen molar-refractivity contribution in [2.45, 2.75) is 25.7 Å². The van der Waals surface area contributed by atoms with Gasteiger partial charge in [-0.05, 0) is 24.9 Å². The molecule has 1 aliphatic rings. The fourth-order valence-electron chi connectivity index (χ4n) is 1.88. The summed E-state index contributed by atoms with van der Waals surface area (Å²) >= 11 is 1.83. The van der Waals surface area contributed by atoms with Gasteiger partial charge in [0.05, 0.1) is 5.92 Å². The Morgan fingerprint density at radius 3 is 2.81 bits per heavy atom. The Morgan fingerprint density at radius 2 is 2.25 bits per heavy atom. The lowest BCUT2D eigenvalue weighted by Gasteiger charge is -2.15. The predicted molar refractivity (Wildman–Crippen MR) is 64.6 cm³/mol. The van der Waals surface area contributed by atoms with E-state index in [0.29, 0.717) is 6.54 Å². The van der Waals surface area contributed by atoms with Crippen LogP contribution in [0.4, 0.5) is 0 Å². The summed E-state index contributed by atoms with van der Waals surface area (Å²) in [7, 11) is 0. The Balaban J connectivity index is 2.18. The summed E-state index contributed by atoms with van der Waals surface area (Å²) in [5, 5.41) is 8.81. The number of likely N-dealkylation sites (tertiary alicyclic amines) is 1. The molecule has 0 aromatic carbocycles. The number of carbonyl (C=O) groups is 2. The largest absolute Gasteiger partial charge is 0.481 e. The van der Waals surface area contributed by atoms with Crippen LogP contribution in [0.2, 0.25) is 0 Å². The molecule has 0 spiro atoms. The molecule has 1 atom stereocenters. The fourth-order valence-corrected chi connectivity index (χ4v) is 2.37. The zero-order valence-electron chi connectivity index (χ0n) is 9.65. The van der Waals surface area contributed by atoms with Crippen LogP contribution < -0.4 is 0 Å². The van der Waals surface area contributed by atoms with Crippen molar-refractivity contribution < 1.29 is 14.7 Å². The van der Waals surface area contributed by atoms with Crippen molar-refractivity contribution in [2.75, 3.05) is 25.1 Å². The van der Waals surface area contributed by atoms with Crippen LogP contribution >= 0.6 is 11.8 Å². The number of carboxylic acid groups (broad SMARTS) is 1. The molecular formula is C11H19NO3S. The lowest BCUT2D eigenvalue weighted by Crippen LogP contribution is -2.27. The van der Waals surface area contributed by atoms with Crippen molar-refractivity contribution in [3.05, 3.63) is 0 Å². The van der Waals surface area contributed by atoms with Gasteiger partial charge in [-0.25, -0.2) is 0 Å². The van der Waals surface area contributed by atoms with Crippen molar-refractivity contribution in [1.82, 2.24) is 4.90 Å². The van der Waals surface area contributed by atoms with Crippen molar-refractivity contribution in [3.63, 3.8) is 0 Å². The van der Waals surface area contributed by atoms with E-state index in [-0.39, 0.29) is 12.3 Å². The molecule has 1 heterocycles. The Bertz CT molecular complexity index is 258.